The number of nitrogens with zero attached hydrogens (tertiary/aromatic N) is 4. The number of rotatable bonds is 5. The van der Waals surface area contributed by atoms with Gasteiger partial charge in [-0.2, -0.15) is 0 Å². The summed E-state index contributed by atoms with van der Waals surface area (Å²) < 4.78 is 10.9. The smallest absolute Gasteiger partial charge is 0.328 e. The average molecular weight is 427 g/mol. The Morgan fingerprint density at radius 3 is 2.37 bits per heavy atom. The van der Waals surface area contributed by atoms with Gasteiger partial charge >= 0.3 is 5.69 Å². The standard InChI is InChI=1S/C23H26N4O2.ClH/c1-15-11-19-20(26(4)23(28)25(19)3)12-18(15)21-13-24-14-27(21)9-8-17-6-7-22(29-5)16(2)10-17;/h6-7,10-14H,8-9H2,1-5H3;1H. The third kappa shape index (κ3) is 3.63. The highest BCUT2D eigenvalue weighted by molar-refractivity contribution is 5.85. The normalized spacial score (nSPS) is 11.0. The number of hydrogen-bond acceptors (Lipinski definition) is 3. The first-order valence-corrected chi connectivity index (χ1v) is 9.70. The topological polar surface area (TPSA) is 54.0 Å². The molecule has 0 unspecified atom stereocenters. The molecule has 0 N–H and O–H groups in total. The van der Waals surface area contributed by atoms with Gasteiger partial charge in [-0.3, -0.25) is 9.13 Å². The zero-order chi connectivity index (χ0) is 20.7. The quantitative estimate of drug-likeness (QED) is 0.484. The molecule has 4 rings (SSSR count). The predicted octanol–water partition coefficient (Wildman–Crippen LogP) is 4.03. The second-order valence-electron chi connectivity index (χ2n) is 7.58. The summed E-state index contributed by atoms with van der Waals surface area (Å²) in [6.45, 7) is 4.97. The molecule has 2 aromatic heterocycles. The van der Waals surface area contributed by atoms with Crippen LogP contribution in [-0.2, 0) is 27.1 Å². The molecule has 30 heavy (non-hydrogen) atoms. The van der Waals surface area contributed by atoms with E-state index in [0.29, 0.717) is 0 Å². The fraction of sp³-hybridized carbons (Fsp3) is 0.304. The summed E-state index contributed by atoms with van der Waals surface area (Å²) in [5.74, 6) is 0.912. The largest absolute Gasteiger partial charge is 0.496 e. The maximum absolute atomic E-state index is 12.3. The summed E-state index contributed by atoms with van der Waals surface area (Å²) in [5.41, 5.74) is 7.55. The van der Waals surface area contributed by atoms with Crippen molar-refractivity contribution in [3.63, 3.8) is 0 Å². The first-order valence-electron chi connectivity index (χ1n) is 9.70. The molecule has 0 atom stereocenters. The summed E-state index contributed by atoms with van der Waals surface area (Å²) in [7, 11) is 5.32. The third-order valence-electron chi connectivity index (χ3n) is 5.71. The lowest BCUT2D eigenvalue weighted by Gasteiger charge is -2.12. The van der Waals surface area contributed by atoms with Gasteiger partial charge in [-0.1, -0.05) is 12.1 Å². The van der Waals surface area contributed by atoms with Gasteiger partial charge in [-0.05, 0) is 55.2 Å². The van der Waals surface area contributed by atoms with E-state index in [2.05, 4.69) is 47.7 Å². The predicted molar refractivity (Wildman–Crippen MR) is 123 cm³/mol. The molecule has 0 aliphatic heterocycles. The summed E-state index contributed by atoms with van der Waals surface area (Å²) in [5, 5.41) is 0. The monoisotopic (exact) mass is 426 g/mol. The molecule has 4 aromatic rings. The van der Waals surface area contributed by atoms with Crippen molar-refractivity contribution in [3.05, 3.63) is 70.0 Å². The van der Waals surface area contributed by atoms with Gasteiger partial charge in [0.2, 0.25) is 0 Å². The van der Waals surface area contributed by atoms with Crippen LogP contribution in [0.3, 0.4) is 0 Å². The zero-order valence-corrected chi connectivity index (χ0v) is 18.8. The first kappa shape index (κ1) is 21.7. The molecule has 7 heteroatoms. The number of ether oxygens (including phenoxy) is 1. The molecule has 0 aliphatic rings. The number of methoxy groups -OCH3 is 1. The van der Waals surface area contributed by atoms with Gasteiger partial charge in [0.1, 0.15) is 5.75 Å². The molecule has 6 nitrogen and oxygen atoms in total. The number of aromatic nitrogens is 4. The lowest BCUT2D eigenvalue weighted by atomic mass is 10.0. The molecule has 158 valence electrons. The highest BCUT2D eigenvalue weighted by atomic mass is 35.5. The van der Waals surface area contributed by atoms with Gasteiger partial charge in [-0.15, -0.1) is 12.4 Å². The lowest BCUT2D eigenvalue weighted by molar-refractivity contribution is 0.411. The number of benzene rings is 2. The van der Waals surface area contributed by atoms with E-state index in [9.17, 15) is 4.79 Å². The van der Waals surface area contributed by atoms with E-state index < -0.39 is 0 Å². The van der Waals surface area contributed by atoms with Crippen molar-refractivity contribution in [2.45, 2.75) is 26.8 Å². The van der Waals surface area contributed by atoms with Gasteiger partial charge in [0.05, 0.1) is 36.4 Å². The van der Waals surface area contributed by atoms with E-state index in [-0.39, 0.29) is 18.1 Å². The van der Waals surface area contributed by atoms with Gasteiger partial charge in [0.15, 0.2) is 0 Å². The molecule has 0 radical (unpaired) electrons. The van der Waals surface area contributed by atoms with Crippen LogP contribution in [0.2, 0.25) is 0 Å². The van der Waals surface area contributed by atoms with Crippen molar-refractivity contribution in [1.82, 2.24) is 18.7 Å². The number of imidazole rings is 2. The fourth-order valence-corrected chi connectivity index (χ4v) is 3.99. The third-order valence-corrected chi connectivity index (χ3v) is 5.71. The molecule has 0 amide bonds. The molecule has 0 fully saturated rings. The van der Waals surface area contributed by atoms with Crippen LogP contribution in [-0.4, -0.2) is 25.8 Å². The Morgan fingerprint density at radius 2 is 1.70 bits per heavy atom. The molecule has 0 bridgehead atoms. The van der Waals surface area contributed by atoms with Crippen molar-refractivity contribution >= 4 is 23.4 Å². The van der Waals surface area contributed by atoms with E-state index in [4.69, 9.17) is 4.74 Å². The fourth-order valence-electron chi connectivity index (χ4n) is 3.99. The van der Waals surface area contributed by atoms with Crippen molar-refractivity contribution in [2.24, 2.45) is 14.1 Å². The van der Waals surface area contributed by atoms with Crippen LogP contribution in [0.15, 0.2) is 47.7 Å². The maximum Gasteiger partial charge on any atom is 0.328 e. The summed E-state index contributed by atoms with van der Waals surface area (Å²) in [6.07, 6.45) is 4.67. The molecule has 2 heterocycles. The van der Waals surface area contributed by atoms with E-state index in [1.807, 2.05) is 32.7 Å². The molecule has 2 aromatic carbocycles. The highest BCUT2D eigenvalue weighted by Gasteiger charge is 2.14. The van der Waals surface area contributed by atoms with E-state index in [0.717, 1.165) is 52.1 Å². The van der Waals surface area contributed by atoms with Crippen LogP contribution in [0.5, 0.6) is 5.75 Å². The van der Waals surface area contributed by atoms with Crippen molar-refractivity contribution < 1.29 is 4.74 Å². The van der Waals surface area contributed by atoms with Crippen molar-refractivity contribution in [3.8, 4) is 17.0 Å². The molecule has 0 saturated carbocycles. The van der Waals surface area contributed by atoms with Crippen LogP contribution >= 0.6 is 12.4 Å². The minimum absolute atomic E-state index is 0. The first-order chi connectivity index (χ1) is 13.9. The Bertz CT molecular complexity index is 1270. The van der Waals surface area contributed by atoms with Crippen LogP contribution < -0.4 is 10.4 Å². The van der Waals surface area contributed by atoms with E-state index in [1.54, 1.807) is 16.2 Å². The molecular formula is C23H27ClN4O2. The van der Waals surface area contributed by atoms with Crippen LogP contribution in [0.4, 0.5) is 0 Å². The molecule has 0 aliphatic carbocycles. The second kappa shape index (κ2) is 8.40. The molecular weight excluding hydrogens is 400 g/mol. The van der Waals surface area contributed by atoms with E-state index in [1.165, 1.54) is 5.56 Å². The number of hydrogen-bond donors (Lipinski definition) is 0. The SMILES string of the molecule is COc1ccc(CCn2cncc2-c2cc3c(cc2C)n(C)c(=O)n3C)cc1C.Cl. The minimum Gasteiger partial charge on any atom is -0.496 e. The van der Waals surface area contributed by atoms with Crippen LogP contribution in [0.25, 0.3) is 22.3 Å². The summed E-state index contributed by atoms with van der Waals surface area (Å²) in [4.78, 5) is 16.7. The number of aryl methyl sites for hydroxylation is 6. The Hall–Kier alpha value is -2.99. The van der Waals surface area contributed by atoms with Crippen molar-refractivity contribution in [1.29, 1.82) is 0 Å². The van der Waals surface area contributed by atoms with Crippen molar-refractivity contribution in [2.75, 3.05) is 7.11 Å². The minimum atomic E-state index is -0.0140. The zero-order valence-electron chi connectivity index (χ0n) is 18.0. The number of fused-ring (bicyclic) bond motifs is 1. The van der Waals surface area contributed by atoms with Gasteiger partial charge in [-0.25, -0.2) is 9.78 Å². The Morgan fingerprint density at radius 1 is 1.00 bits per heavy atom. The average Bonchev–Trinajstić information content (AvgIpc) is 3.25. The van der Waals surface area contributed by atoms with Crippen LogP contribution in [0.1, 0.15) is 16.7 Å². The van der Waals surface area contributed by atoms with Gasteiger partial charge in [0, 0.05) is 26.2 Å². The summed E-state index contributed by atoms with van der Waals surface area (Å²) >= 11 is 0. The summed E-state index contributed by atoms with van der Waals surface area (Å²) in [6, 6.07) is 10.5. The number of halogens is 1. The van der Waals surface area contributed by atoms with E-state index >= 15 is 0 Å². The molecule has 0 saturated heterocycles. The lowest BCUT2D eigenvalue weighted by Crippen LogP contribution is -2.19. The second-order valence-corrected chi connectivity index (χ2v) is 7.58. The molecule has 0 spiro atoms. The van der Waals surface area contributed by atoms with Crippen LogP contribution in [0, 0.1) is 13.8 Å². The maximum atomic E-state index is 12.3. The highest BCUT2D eigenvalue weighted by Crippen LogP contribution is 2.28. The Labute approximate surface area is 182 Å². The Balaban J connectivity index is 0.00000256. The Kier molecular flexibility index (Phi) is 6.08. The van der Waals surface area contributed by atoms with Gasteiger partial charge in [0.25, 0.3) is 0 Å². The van der Waals surface area contributed by atoms with Gasteiger partial charge < -0.3 is 9.30 Å².